The number of carbonyl (C=O) groups is 1. The van der Waals surface area contributed by atoms with E-state index in [-0.39, 0.29) is 0 Å². The Morgan fingerprint density at radius 1 is 1.08 bits per heavy atom. The van der Waals surface area contributed by atoms with Crippen molar-refractivity contribution in [2.24, 2.45) is 5.10 Å². The van der Waals surface area contributed by atoms with E-state index in [2.05, 4.69) is 15.3 Å². The average molecular weight is 349 g/mol. The Kier molecular flexibility index (Phi) is 6.91. The lowest BCUT2D eigenvalue weighted by atomic mass is 10.2. The van der Waals surface area contributed by atoms with Crippen molar-refractivity contribution < 1.29 is 19.0 Å². The second-order valence-electron chi connectivity index (χ2n) is 4.53. The predicted molar refractivity (Wildman–Crippen MR) is 92.0 cm³/mol. The van der Waals surface area contributed by atoms with Gasteiger partial charge >= 0.3 is 6.09 Å². The van der Waals surface area contributed by atoms with Gasteiger partial charge in [0.2, 0.25) is 0 Å². The van der Waals surface area contributed by atoms with Gasteiger partial charge in [-0.15, -0.1) is 0 Å². The third-order valence-electron chi connectivity index (χ3n) is 2.90. The van der Waals surface area contributed by atoms with Crippen molar-refractivity contribution in [3.63, 3.8) is 0 Å². The molecule has 0 aliphatic rings. The lowest BCUT2D eigenvalue weighted by Gasteiger charge is -2.11. The first-order valence-corrected chi connectivity index (χ1v) is 7.54. The number of halogens is 1. The molecule has 0 aromatic heterocycles. The van der Waals surface area contributed by atoms with Crippen molar-refractivity contribution in [1.82, 2.24) is 5.43 Å². The normalized spacial score (nSPS) is 10.4. The number of carbonyl (C=O) groups excluding carboxylic acids is 1. The molecule has 0 heterocycles. The van der Waals surface area contributed by atoms with E-state index in [1.807, 2.05) is 30.3 Å². The van der Waals surface area contributed by atoms with Crippen LogP contribution in [0.2, 0.25) is 5.02 Å². The lowest BCUT2D eigenvalue weighted by Crippen LogP contribution is -2.17. The first-order valence-electron chi connectivity index (χ1n) is 7.17. The van der Waals surface area contributed by atoms with E-state index in [1.165, 1.54) is 13.3 Å². The van der Waals surface area contributed by atoms with Crippen molar-refractivity contribution in [2.75, 3.05) is 20.3 Å². The average Bonchev–Trinajstić information content (AvgIpc) is 2.61. The molecule has 1 N–H and O–H groups in total. The monoisotopic (exact) mass is 348 g/mol. The van der Waals surface area contributed by atoms with Gasteiger partial charge in [0.25, 0.3) is 0 Å². The molecule has 0 bridgehead atoms. The minimum atomic E-state index is -0.641. The quantitative estimate of drug-likeness (QED) is 0.472. The van der Waals surface area contributed by atoms with Crippen LogP contribution in [0.4, 0.5) is 4.79 Å². The van der Waals surface area contributed by atoms with Gasteiger partial charge in [-0.3, -0.25) is 0 Å². The number of para-hydroxylation sites is 2. The van der Waals surface area contributed by atoms with Crippen LogP contribution in [0.5, 0.6) is 11.5 Å². The summed E-state index contributed by atoms with van der Waals surface area (Å²) in [5, 5.41) is 4.34. The van der Waals surface area contributed by atoms with E-state index < -0.39 is 6.09 Å². The second kappa shape index (κ2) is 9.42. The van der Waals surface area contributed by atoms with E-state index in [0.717, 1.165) is 0 Å². The molecule has 2 aromatic carbocycles. The highest BCUT2D eigenvalue weighted by molar-refractivity contribution is 6.32. The third-order valence-corrected chi connectivity index (χ3v) is 3.21. The summed E-state index contributed by atoms with van der Waals surface area (Å²) >= 11 is 6.01. The third kappa shape index (κ3) is 5.48. The number of nitrogens with zero attached hydrogens (tertiary/aromatic N) is 1. The number of rotatable bonds is 7. The molecule has 0 atom stereocenters. The van der Waals surface area contributed by atoms with Crippen molar-refractivity contribution in [2.45, 2.75) is 0 Å². The van der Waals surface area contributed by atoms with Crippen molar-refractivity contribution >= 4 is 23.9 Å². The highest BCUT2D eigenvalue weighted by Crippen LogP contribution is 2.23. The minimum absolute atomic E-state index is 0.334. The van der Waals surface area contributed by atoms with E-state index >= 15 is 0 Å². The SMILES string of the molecule is COC(=O)N/N=C\c1ccccc1OCCOc1ccccc1Cl. The predicted octanol–water partition coefficient (Wildman–Crippen LogP) is 3.49. The number of methoxy groups -OCH3 is 1. The Bertz CT molecular complexity index is 706. The number of benzene rings is 2. The molecule has 6 nitrogen and oxygen atoms in total. The fourth-order valence-electron chi connectivity index (χ4n) is 1.78. The van der Waals surface area contributed by atoms with Crippen LogP contribution in [-0.2, 0) is 4.74 Å². The van der Waals surface area contributed by atoms with Gasteiger partial charge in [-0.2, -0.15) is 5.10 Å². The highest BCUT2D eigenvalue weighted by atomic mass is 35.5. The molecule has 7 heteroatoms. The summed E-state index contributed by atoms with van der Waals surface area (Å²) in [5.74, 6) is 1.23. The number of hydrogen-bond acceptors (Lipinski definition) is 5. The Hall–Kier alpha value is -2.73. The minimum Gasteiger partial charge on any atom is -0.489 e. The molecular formula is C17H17ClN2O4. The molecule has 24 heavy (non-hydrogen) atoms. The molecule has 126 valence electrons. The number of amides is 1. The molecule has 0 saturated carbocycles. The van der Waals surface area contributed by atoms with E-state index in [0.29, 0.717) is 35.3 Å². The zero-order valence-electron chi connectivity index (χ0n) is 13.1. The Labute approximate surface area is 145 Å². The first-order chi connectivity index (χ1) is 11.7. The van der Waals surface area contributed by atoms with Gasteiger partial charge < -0.3 is 14.2 Å². The summed E-state index contributed by atoms with van der Waals surface area (Å²) in [6, 6.07) is 14.5. The van der Waals surface area contributed by atoms with Crippen molar-refractivity contribution in [3.05, 3.63) is 59.1 Å². The van der Waals surface area contributed by atoms with Gasteiger partial charge in [0.15, 0.2) is 0 Å². The Morgan fingerprint density at radius 3 is 2.42 bits per heavy atom. The molecule has 0 aliphatic carbocycles. The Morgan fingerprint density at radius 2 is 1.71 bits per heavy atom. The smallest absolute Gasteiger partial charge is 0.427 e. The maximum Gasteiger partial charge on any atom is 0.427 e. The van der Waals surface area contributed by atoms with Crippen LogP contribution in [0.1, 0.15) is 5.56 Å². The van der Waals surface area contributed by atoms with Gasteiger partial charge in [-0.1, -0.05) is 35.9 Å². The number of ether oxygens (including phenoxy) is 3. The van der Waals surface area contributed by atoms with Crippen LogP contribution in [0.3, 0.4) is 0 Å². The molecule has 2 rings (SSSR count). The maximum atomic E-state index is 11.0. The number of hydrazone groups is 1. The fourth-order valence-corrected chi connectivity index (χ4v) is 1.97. The summed E-state index contributed by atoms with van der Waals surface area (Å²) in [5.41, 5.74) is 2.93. The maximum absolute atomic E-state index is 11.0. The van der Waals surface area contributed by atoms with Crippen LogP contribution in [0, 0.1) is 0 Å². The van der Waals surface area contributed by atoms with Crippen LogP contribution >= 0.6 is 11.6 Å². The summed E-state index contributed by atoms with van der Waals surface area (Å²) < 4.78 is 15.7. The molecule has 2 aromatic rings. The van der Waals surface area contributed by atoms with Gasteiger partial charge in [-0.25, -0.2) is 10.2 Å². The second-order valence-corrected chi connectivity index (χ2v) is 4.93. The summed E-state index contributed by atoms with van der Waals surface area (Å²) in [7, 11) is 1.26. The molecule has 1 amide bonds. The van der Waals surface area contributed by atoms with Gasteiger partial charge in [0.05, 0.1) is 18.3 Å². The molecule has 0 unspecified atom stereocenters. The van der Waals surface area contributed by atoms with E-state index in [1.54, 1.807) is 18.2 Å². The summed E-state index contributed by atoms with van der Waals surface area (Å²) in [6.07, 6.45) is 0.832. The van der Waals surface area contributed by atoms with Crippen LogP contribution < -0.4 is 14.9 Å². The standard InChI is InChI=1S/C17H17ClN2O4/c1-22-17(21)20-19-12-13-6-2-4-8-15(13)23-10-11-24-16-9-5-3-7-14(16)18/h2-9,12H,10-11H2,1H3,(H,20,21)/b19-12-. The molecule has 0 radical (unpaired) electrons. The Balaban J connectivity index is 1.86. The molecule has 0 saturated heterocycles. The van der Waals surface area contributed by atoms with Crippen molar-refractivity contribution in [3.8, 4) is 11.5 Å². The lowest BCUT2D eigenvalue weighted by molar-refractivity contribution is 0.171. The topological polar surface area (TPSA) is 69.2 Å². The zero-order chi connectivity index (χ0) is 17.2. The largest absolute Gasteiger partial charge is 0.489 e. The van der Waals surface area contributed by atoms with Gasteiger partial charge in [0.1, 0.15) is 24.7 Å². The number of nitrogens with one attached hydrogen (secondary N) is 1. The van der Waals surface area contributed by atoms with Gasteiger partial charge in [0, 0.05) is 5.56 Å². The molecule has 0 aliphatic heterocycles. The molecule has 0 fully saturated rings. The molecular weight excluding hydrogens is 332 g/mol. The van der Waals surface area contributed by atoms with Crippen molar-refractivity contribution in [1.29, 1.82) is 0 Å². The van der Waals surface area contributed by atoms with E-state index in [4.69, 9.17) is 21.1 Å². The van der Waals surface area contributed by atoms with Crippen LogP contribution in [-0.4, -0.2) is 32.6 Å². The number of hydrogen-bond donors (Lipinski definition) is 1. The van der Waals surface area contributed by atoms with Crippen LogP contribution in [0.25, 0.3) is 0 Å². The highest BCUT2D eigenvalue weighted by Gasteiger charge is 2.03. The van der Waals surface area contributed by atoms with Crippen LogP contribution in [0.15, 0.2) is 53.6 Å². The summed E-state index contributed by atoms with van der Waals surface area (Å²) in [4.78, 5) is 11.0. The van der Waals surface area contributed by atoms with E-state index in [9.17, 15) is 4.79 Å². The van der Waals surface area contributed by atoms with Gasteiger partial charge in [-0.05, 0) is 24.3 Å². The molecule has 0 spiro atoms. The fraction of sp³-hybridized carbons (Fsp3) is 0.176. The summed E-state index contributed by atoms with van der Waals surface area (Å²) in [6.45, 7) is 0.677. The first kappa shape index (κ1) is 17.6. The zero-order valence-corrected chi connectivity index (χ0v) is 13.8.